The molecule has 0 spiro atoms. The fourth-order valence-electron chi connectivity index (χ4n) is 2.61. The van der Waals surface area contributed by atoms with Crippen molar-refractivity contribution in [1.29, 1.82) is 0 Å². The van der Waals surface area contributed by atoms with Gasteiger partial charge in [0, 0.05) is 18.2 Å². The first-order chi connectivity index (χ1) is 11.2. The highest BCUT2D eigenvalue weighted by atomic mass is 16.5. The van der Waals surface area contributed by atoms with E-state index in [1.807, 2.05) is 30.3 Å². The van der Waals surface area contributed by atoms with Gasteiger partial charge in [0.25, 0.3) is 0 Å². The van der Waals surface area contributed by atoms with Gasteiger partial charge in [-0.15, -0.1) is 0 Å². The summed E-state index contributed by atoms with van der Waals surface area (Å²) in [5.41, 5.74) is 1.93. The molecule has 0 aliphatic carbocycles. The van der Waals surface area contributed by atoms with Crippen LogP contribution in [0.2, 0.25) is 0 Å². The minimum absolute atomic E-state index is 0.214. The summed E-state index contributed by atoms with van der Waals surface area (Å²) in [5, 5.41) is 5.70. The minimum Gasteiger partial charge on any atom is -0.497 e. The van der Waals surface area contributed by atoms with E-state index in [0.29, 0.717) is 13.2 Å². The molecule has 5 nitrogen and oxygen atoms in total. The Kier molecular flexibility index (Phi) is 4.66. The number of nitrogens with one attached hydrogen (secondary N) is 2. The number of methoxy groups -OCH3 is 1. The van der Waals surface area contributed by atoms with Crippen molar-refractivity contribution in [3.05, 3.63) is 54.1 Å². The van der Waals surface area contributed by atoms with Crippen LogP contribution in [0.25, 0.3) is 0 Å². The Bertz CT molecular complexity index is 670. The van der Waals surface area contributed by atoms with Crippen LogP contribution in [0.3, 0.4) is 0 Å². The molecule has 2 amide bonds. The third kappa shape index (κ3) is 3.94. The Morgan fingerprint density at radius 1 is 1.22 bits per heavy atom. The van der Waals surface area contributed by atoms with Gasteiger partial charge in [-0.05, 0) is 42.3 Å². The molecule has 1 aliphatic heterocycles. The smallest absolute Gasteiger partial charge is 0.319 e. The highest BCUT2D eigenvalue weighted by Gasteiger charge is 2.19. The van der Waals surface area contributed by atoms with Crippen LogP contribution in [0.15, 0.2) is 48.5 Å². The van der Waals surface area contributed by atoms with Gasteiger partial charge in [-0.1, -0.05) is 18.2 Å². The zero-order valence-electron chi connectivity index (χ0n) is 13.0. The molecule has 3 rings (SSSR count). The molecule has 2 aromatic carbocycles. The van der Waals surface area contributed by atoms with Crippen molar-refractivity contribution in [1.82, 2.24) is 5.32 Å². The van der Waals surface area contributed by atoms with Gasteiger partial charge in [0.1, 0.15) is 11.5 Å². The molecular formula is C18H20N2O3. The topological polar surface area (TPSA) is 59.6 Å². The zero-order valence-corrected chi connectivity index (χ0v) is 13.0. The zero-order chi connectivity index (χ0) is 16.1. The average Bonchev–Trinajstić information content (AvgIpc) is 2.60. The van der Waals surface area contributed by atoms with E-state index in [9.17, 15) is 4.79 Å². The van der Waals surface area contributed by atoms with Crippen LogP contribution in [0.5, 0.6) is 11.5 Å². The van der Waals surface area contributed by atoms with Crippen LogP contribution < -0.4 is 20.1 Å². The van der Waals surface area contributed by atoms with Crippen molar-refractivity contribution in [2.75, 3.05) is 25.6 Å². The number of ether oxygens (including phenoxy) is 2. The Morgan fingerprint density at radius 3 is 2.78 bits per heavy atom. The molecule has 0 bridgehead atoms. The predicted octanol–water partition coefficient (Wildman–Crippen LogP) is 3.07. The van der Waals surface area contributed by atoms with Crippen molar-refractivity contribution in [3.8, 4) is 11.5 Å². The van der Waals surface area contributed by atoms with Crippen LogP contribution in [0.1, 0.15) is 5.56 Å². The van der Waals surface area contributed by atoms with E-state index in [0.717, 1.165) is 23.6 Å². The molecule has 1 unspecified atom stereocenters. The number of hydrogen-bond donors (Lipinski definition) is 2. The number of urea groups is 1. The van der Waals surface area contributed by atoms with Gasteiger partial charge < -0.3 is 20.1 Å². The third-order valence-electron chi connectivity index (χ3n) is 3.85. The third-order valence-corrected chi connectivity index (χ3v) is 3.85. The Morgan fingerprint density at radius 2 is 2.00 bits per heavy atom. The molecule has 1 atom stereocenters. The van der Waals surface area contributed by atoms with E-state index >= 15 is 0 Å². The number of anilines is 1. The van der Waals surface area contributed by atoms with E-state index in [2.05, 4.69) is 16.7 Å². The van der Waals surface area contributed by atoms with E-state index < -0.39 is 0 Å². The quantitative estimate of drug-likeness (QED) is 0.912. The number of benzene rings is 2. The molecule has 5 heteroatoms. The van der Waals surface area contributed by atoms with E-state index in [4.69, 9.17) is 9.47 Å². The fraction of sp³-hybridized carbons (Fsp3) is 0.278. The van der Waals surface area contributed by atoms with Crippen LogP contribution in [0, 0.1) is 5.92 Å². The number of carbonyl (C=O) groups is 1. The van der Waals surface area contributed by atoms with Crippen molar-refractivity contribution in [3.63, 3.8) is 0 Å². The molecule has 2 aromatic rings. The number of para-hydroxylation sites is 1. The number of fused-ring (bicyclic) bond motifs is 1. The molecule has 0 aromatic heterocycles. The van der Waals surface area contributed by atoms with Crippen LogP contribution in [0.4, 0.5) is 10.5 Å². The first-order valence-corrected chi connectivity index (χ1v) is 7.64. The summed E-state index contributed by atoms with van der Waals surface area (Å²) in [6.07, 6.45) is 0.916. The van der Waals surface area contributed by atoms with Gasteiger partial charge >= 0.3 is 6.03 Å². The highest BCUT2D eigenvalue weighted by molar-refractivity contribution is 5.89. The SMILES string of the molecule is COc1ccc(NC(=O)NCC2COc3ccccc3C2)cc1. The lowest BCUT2D eigenvalue weighted by molar-refractivity contribution is 0.215. The molecule has 0 radical (unpaired) electrons. The summed E-state index contributed by atoms with van der Waals surface area (Å²) in [4.78, 5) is 12.0. The second kappa shape index (κ2) is 7.05. The van der Waals surface area contributed by atoms with Crippen LogP contribution in [-0.2, 0) is 6.42 Å². The van der Waals surface area contributed by atoms with Gasteiger partial charge in [0.2, 0.25) is 0 Å². The normalized spacial score (nSPS) is 16.0. The lowest BCUT2D eigenvalue weighted by atomic mass is 9.97. The Labute approximate surface area is 135 Å². The van der Waals surface area contributed by atoms with Gasteiger partial charge in [-0.25, -0.2) is 4.79 Å². The summed E-state index contributed by atoms with van der Waals surface area (Å²) < 4.78 is 10.8. The standard InChI is InChI=1S/C18H20N2O3/c1-22-16-8-6-15(7-9-16)20-18(21)19-11-13-10-14-4-2-3-5-17(14)23-12-13/h2-9,13H,10-12H2,1H3,(H2,19,20,21). The van der Waals surface area contributed by atoms with Crippen LogP contribution >= 0.6 is 0 Å². The van der Waals surface area contributed by atoms with Crippen molar-refractivity contribution >= 4 is 11.7 Å². The maximum atomic E-state index is 12.0. The van der Waals surface area contributed by atoms with Crippen molar-refractivity contribution in [2.24, 2.45) is 5.92 Å². The van der Waals surface area contributed by atoms with Gasteiger partial charge in [0.05, 0.1) is 13.7 Å². The Balaban J connectivity index is 1.47. The Hall–Kier alpha value is -2.69. The molecule has 0 saturated carbocycles. The largest absolute Gasteiger partial charge is 0.497 e. The number of amides is 2. The number of rotatable bonds is 4. The molecule has 2 N–H and O–H groups in total. The molecule has 120 valence electrons. The second-order valence-corrected chi connectivity index (χ2v) is 5.55. The second-order valence-electron chi connectivity index (χ2n) is 5.55. The van der Waals surface area contributed by atoms with Crippen molar-refractivity contribution in [2.45, 2.75) is 6.42 Å². The minimum atomic E-state index is -0.214. The highest BCUT2D eigenvalue weighted by Crippen LogP contribution is 2.26. The molecule has 1 aliphatic rings. The summed E-state index contributed by atoms with van der Waals surface area (Å²) >= 11 is 0. The molecule has 1 heterocycles. The first kappa shape index (κ1) is 15.2. The summed E-state index contributed by atoms with van der Waals surface area (Å²) in [6, 6.07) is 15.0. The fourth-order valence-corrected chi connectivity index (χ4v) is 2.61. The summed E-state index contributed by atoms with van der Waals surface area (Å²) in [5.74, 6) is 1.99. The molecule has 0 saturated heterocycles. The maximum Gasteiger partial charge on any atom is 0.319 e. The number of hydrogen-bond acceptors (Lipinski definition) is 3. The van der Waals surface area contributed by atoms with E-state index in [-0.39, 0.29) is 11.9 Å². The van der Waals surface area contributed by atoms with Gasteiger partial charge in [0.15, 0.2) is 0 Å². The lowest BCUT2D eigenvalue weighted by Crippen LogP contribution is -2.37. The summed E-state index contributed by atoms with van der Waals surface area (Å²) in [7, 11) is 1.61. The summed E-state index contributed by atoms with van der Waals surface area (Å²) in [6.45, 7) is 1.20. The van der Waals surface area contributed by atoms with Gasteiger partial charge in [-0.2, -0.15) is 0 Å². The van der Waals surface area contributed by atoms with Gasteiger partial charge in [-0.3, -0.25) is 0 Å². The van der Waals surface area contributed by atoms with E-state index in [1.54, 1.807) is 19.2 Å². The van der Waals surface area contributed by atoms with Crippen molar-refractivity contribution < 1.29 is 14.3 Å². The molecule has 23 heavy (non-hydrogen) atoms. The molecular weight excluding hydrogens is 292 g/mol. The van der Waals surface area contributed by atoms with E-state index in [1.165, 1.54) is 5.56 Å². The molecule has 0 fully saturated rings. The van der Waals surface area contributed by atoms with Crippen LogP contribution in [-0.4, -0.2) is 26.3 Å². The predicted molar refractivity (Wildman–Crippen MR) is 89.1 cm³/mol. The monoisotopic (exact) mass is 312 g/mol. The average molecular weight is 312 g/mol. The maximum absolute atomic E-state index is 12.0. The number of carbonyl (C=O) groups excluding carboxylic acids is 1. The lowest BCUT2D eigenvalue weighted by Gasteiger charge is -2.25. The first-order valence-electron chi connectivity index (χ1n) is 7.64.